The highest BCUT2D eigenvalue weighted by molar-refractivity contribution is 6.60. The average Bonchev–Trinajstić information content (AvgIpc) is 2.47. The van der Waals surface area contributed by atoms with Crippen molar-refractivity contribution in [3.05, 3.63) is 11.8 Å². The van der Waals surface area contributed by atoms with Crippen LogP contribution in [-0.4, -0.2) is 37.5 Å². The molecule has 2 nitrogen and oxygen atoms in total. The van der Waals surface area contributed by atoms with Crippen molar-refractivity contribution in [1.82, 2.24) is 0 Å². The van der Waals surface area contributed by atoms with E-state index in [2.05, 4.69) is 13.5 Å². The zero-order valence-corrected chi connectivity index (χ0v) is 15.2. The quantitative estimate of drug-likeness (QED) is 0.720. The summed E-state index contributed by atoms with van der Waals surface area (Å²) in [5.41, 5.74) is 0. The number of hydrogen-bond acceptors (Lipinski definition) is 2. The van der Waals surface area contributed by atoms with Crippen LogP contribution in [-0.2, 0) is 8.85 Å². The highest BCUT2D eigenvalue weighted by Gasteiger charge is 2.29. The van der Waals surface area contributed by atoms with Gasteiger partial charge in [0, 0.05) is 19.6 Å². The molecule has 2 saturated heterocycles. The smallest absolute Gasteiger partial charge is 0.388 e. The molecule has 2 atom stereocenters. The third-order valence-electron chi connectivity index (χ3n) is 3.75. The van der Waals surface area contributed by atoms with Gasteiger partial charge in [-0.15, -0.1) is 6.58 Å². The maximum Gasteiger partial charge on any atom is 0.388 e. The first kappa shape index (κ1) is 18.9. The van der Waals surface area contributed by atoms with Gasteiger partial charge in [-0.3, -0.25) is 0 Å². The lowest BCUT2D eigenvalue weighted by Crippen LogP contribution is -2.25. The molecule has 7 heteroatoms. The van der Waals surface area contributed by atoms with Gasteiger partial charge >= 0.3 is 6.18 Å². The van der Waals surface area contributed by atoms with E-state index in [1.807, 2.05) is 0 Å². The van der Waals surface area contributed by atoms with Crippen LogP contribution in [0.1, 0.15) is 39.0 Å². The molecule has 0 aromatic carbocycles. The minimum atomic E-state index is -3.99. The Hall–Kier alpha value is -0.116. The Labute approximate surface area is 129 Å². The normalized spacial score (nSPS) is 26.7. The van der Waals surface area contributed by atoms with Gasteiger partial charge in [-0.05, 0) is 37.9 Å². The molecule has 0 radical (unpaired) electrons. The number of allylic oxidation sites excluding steroid dienone is 1. The van der Waals surface area contributed by atoms with E-state index < -0.39 is 30.7 Å². The summed E-state index contributed by atoms with van der Waals surface area (Å²) in [4.78, 5) is 0. The second-order valence-corrected chi connectivity index (χ2v) is 11.4. The fourth-order valence-corrected chi connectivity index (χ4v) is 7.06. The molecule has 0 aromatic heterocycles. The van der Waals surface area contributed by atoms with E-state index in [4.69, 9.17) is 8.85 Å². The van der Waals surface area contributed by atoms with E-state index in [9.17, 15) is 13.2 Å². The van der Waals surface area contributed by atoms with Crippen LogP contribution in [0.4, 0.5) is 13.2 Å². The fraction of sp³-hybridized carbons (Fsp3) is 0.857. The lowest BCUT2D eigenvalue weighted by Gasteiger charge is -2.21. The molecule has 0 aliphatic carbocycles. The van der Waals surface area contributed by atoms with Gasteiger partial charge < -0.3 is 8.85 Å². The van der Waals surface area contributed by atoms with Gasteiger partial charge in [0.15, 0.2) is 9.04 Å². The van der Waals surface area contributed by atoms with Crippen LogP contribution in [0.3, 0.4) is 0 Å². The summed E-state index contributed by atoms with van der Waals surface area (Å²) in [6.45, 7) is 7.69. The molecule has 2 fully saturated rings. The highest BCUT2D eigenvalue weighted by atomic mass is 28.3. The Morgan fingerprint density at radius 1 is 1.05 bits per heavy atom. The minimum Gasteiger partial charge on any atom is -0.420 e. The largest absolute Gasteiger partial charge is 0.420 e. The number of alkyl halides is 3. The van der Waals surface area contributed by atoms with Gasteiger partial charge in [-0.1, -0.05) is 18.0 Å². The maximum absolute atomic E-state index is 11.8. The van der Waals surface area contributed by atoms with E-state index in [1.54, 1.807) is 0 Å². The third-order valence-corrected chi connectivity index (χ3v) is 9.12. The van der Waals surface area contributed by atoms with Gasteiger partial charge in [0.2, 0.25) is 9.04 Å². The molecule has 0 spiro atoms. The van der Waals surface area contributed by atoms with Crippen LogP contribution < -0.4 is 0 Å². The molecule has 2 heterocycles. The second kappa shape index (κ2) is 9.81. The summed E-state index contributed by atoms with van der Waals surface area (Å²) in [5.74, 6) is 0. The van der Waals surface area contributed by atoms with Crippen LogP contribution in [0.2, 0.25) is 18.1 Å². The van der Waals surface area contributed by atoms with E-state index in [0.29, 0.717) is 6.61 Å². The third kappa shape index (κ3) is 9.49. The van der Waals surface area contributed by atoms with Crippen LogP contribution in [0, 0.1) is 0 Å². The molecule has 0 saturated carbocycles. The van der Waals surface area contributed by atoms with Crippen LogP contribution in [0.25, 0.3) is 0 Å². The van der Waals surface area contributed by atoms with Crippen LogP contribution in [0.5, 0.6) is 0 Å². The van der Waals surface area contributed by atoms with E-state index >= 15 is 0 Å². The van der Waals surface area contributed by atoms with E-state index in [-0.39, 0.29) is 6.04 Å². The first-order valence-corrected chi connectivity index (χ1v) is 11.8. The molecule has 0 bridgehead atoms. The SMILES string of the molecule is C=C(C)[SiH]1CCCCO1.FC(F)(F)CC[SiH]1CCCCO1. The zero-order valence-electron chi connectivity index (χ0n) is 12.9. The fourth-order valence-electron chi connectivity index (χ4n) is 2.49. The van der Waals surface area contributed by atoms with Crippen molar-refractivity contribution in [3.8, 4) is 0 Å². The Balaban J connectivity index is 0.000000219. The summed E-state index contributed by atoms with van der Waals surface area (Å²) in [6, 6.07) is 2.51. The average molecular weight is 341 g/mol. The molecule has 21 heavy (non-hydrogen) atoms. The molecule has 2 unspecified atom stereocenters. The van der Waals surface area contributed by atoms with Gasteiger partial charge in [-0.2, -0.15) is 13.2 Å². The Morgan fingerprint density at radius 2 is 1.67 bits per heavy atom. The van der Waals surface area contributed by atoms with Gasteiger partial charge in [0.1, 0.15) is 0 Å². The Bertz CT molecular complexity index is 299. The molecular formula is C14H27F3O2Si2. The molecular weight excluding hydrogens is 313 g/mol. The topological polar surface area (TPSA) is 18.5 Å². The van der Waals surface area contributed by atoms with Crippen molar-refractivity contribution in [3.63, 3.8) is 0 Å². The van der Waals surface area contributed by atoms with Crippen molar-refractivity contribution in [2.24, 2.45) is 0 Å². The van der Waals surface area contributed by atoms with Crippen molar-refractivity contribution in [2.45, 2.75) is 63.3 Å². The highest BCUT2D eigenvalue weighted by Crippen LogP contribution is 2.25. The van der Waals surface area contributed by atoms with Gasteiger partial charge in [0.25, 0.3) is 0 Å². The summed E-state index contributed by atoms with van der Waals surface area (Å²) < 4.78 is 46.2. The minimum absolute atomic E-state index is 0.267. The number of rotatable bonds is 3. The molecule has 2 aliphatic heterocycles. The van der Waals surface area contributed by atoms with Crippen molar-refractivity contribution >= 4 is 18.1 Å². The monoisotopic (exact) mass is 340 g/mol. The molecule has 0 aromatic rings. The predicted molar refractivity (Wildman–Crippen MR) is 84.6 cm³/mol. The van der Waals surface area contributed by atoms with Crippen LogP contribution in [0.15, 0.2) is 11.8 Å². The van der Waals surface area contributed by atoms with Crippen LogP contribution >= 0.6 is 0 Å². The Kier molecular flexibility index (Phi) is 8.84. The summed E-state index contributed by atoms with van der Waals surface area (Å²) in [7, 11) is -2.34. The first-order valence-electron chi connectivity index (χ1n) is 7.84. The molecule has 0 amide bonds. The zero-order chi connectivity index (χ0) is 15.7. The number of hydrogen-bond donors (Lipinski definition) is 0. The van der Waals surface area contributed by atoms with E-state index in [1.165, 1.54) is 24.1 Å². The summed E-state index contributed by atoms with van der Waals surface area (Å²) in [5, 5.41) is 1.31. The number of halogens is 3. The maximum atomic E-state index is 11.8. The van der Waals surface area contributed by atoms with Crippen molar-refractivity contribution in [1.29, 1.82) is 0 Å². The standard InChI is InChI=1S/C7H13F3OSi.C7H14OSi/c8-7(9,10)3-6-12-5-2-1-4-11-12;1-7(2)9-6-4-3-5-8-9/h12H,1-6H2;9H,1,3-6H2,2H3. The first-order chi connectivity index (χ1) is 9.88. The van der Waals surface area contributed by atoms with Gasteiger partial charge in [0.05, 0.1) is 0 Å². The Morgan fingerprint density at radius 3 is 2.05 bits per heavy atom. The predicted octanol–water partition coefficient (Wildman–Crippen LogP) is 4.11. The molecule has 0 N–H and O–H groups in total. The lowest BCUT2D eigenvalue weighted by molar-refractivity contribution is -0.131. The molecule has 2 aliphatic rings. The summed E-state index contributed by atoms with van der Waals surface area (Å²) >= 11 is 0. The lowest BCUT2D eigenvalue weighted by atomic mass is 10.4. The molecule has 124 valence electrons. The molecule has 2 rings (SSSR count). The van der Waals surface area contributed by atoms with Gasteiger partial charge in [-0.25, -0.2) is 0 Å². The van der Waals surface area contributed by atoms with Crippen molar-refractivity contribution in [2.75, 3.05) is 13.2 Å². The van der Waals surface area contributed by atoms with E-state index in [0.717, 1.165) is 25.5 Å². The summed E-state index contributed by atoms with van der Waals surface area (Å²) in [6.07, 6.45) is 0.0719. The van der Waals surface area contributed by atoms with Crippen molar-refractivity contribution < 1.29 is 22.0 Å². The second-order valence-electron chi connectivity index (χ2n) is 5.84.